The number of nitrogens with one attached hydrogen (secondary N) is 1. The minimum atomic E-state index is 1.13. The monoisotopic (exact) mass is 302 g/mol. The van der Waals surface area contributed by atoms with E-state index in [9.17, 15) is 0 Å². The molecule has 0 atom stereocenters. The maximum absolute atomic E-state index is 3.50. The van der Waals surface area contributed by atoms with Gasteiger partial charge in [-0.25, -0.2) is 0 Å². The van der Waals surface area contributed by atoms with Crippen LogP contribution in [0.3, 0.4) is 0 Å². The van der Waals surface area contributed by atoms with Crippen molar-refractivity contribution in [2.24, 2.45) is 0 Å². The van der Waals surface area contributed by atoms with Crippen LogP contribution in [0.5, 0.6) is 0 Å². The van der Waals surface area contributed by atoms with E-state index in [0.29, 0.717) is 0 Å². The molecule has 1 aliphatic heterocycles. The lowest BCUT2D eigenvalue weighted by molar-refractivity contribution is 1.09. The predicted molar refractivity (Wildman–Crippen MR) is 100 cm³/mol. The molecule has 3 aromatic rings. The molecule has 0 saturated heterocycles. The van der Waals surface area contributed by atoms with Crippen LogP contribution in [-0.4, -0.2) is 0 Å². The largest absolute Gasteiger partial charge is 0.352 e. The molecule has 2 heteroatoms. The highest BCUT2D eigenvalue weighted by atomic mass is 15.2. The lowest BCUT2D eigenvalue weighted by Gasteiger charge is -2.33. The fourth-order valence-corrected chi connectivity index (χ4v) is 2.68. The SMILES string of the molecule is CCC.c1ccc(N2c3ccccc3Nc3ccccc32)cc1. The molecule has 2 nitrogen and oxygen atoms in total. The number of para-hydroxylation sites is 5. The summed E-state index contributed by atoms with van der Waals surface area (Å²) in [7, 11) is 0. The first kappa shape index (κ1) is 15.2. The summed E-state index contributed by atoms with van der Waals surface area (Å²) < 4.78 is 0. The zero-order chi connectivity index (χ0) is 16.1. The molecule has 1 heterocycles. The molecule has 0 fully saturated rings. The Morgan fingerprint density at radius 3 is 1.61 bits per heavy atom. The van der Waals surface area contributed by atoms with E-state index in [4.69, 9.17) is 0 Å². The van der Waals surface area contributed by atoms with Gasteiger partial charge in [-0.1, -0.05) is 62.7 Å². The van der Waals surface area contributed by atoms with Crippen molar-refractivity contribution in [1.29, 1.82) is 0 Å². The topological polar surface area (TPSA) is 15.3 Å². The van der Waals surface area contributed by atoms with Gasteiger partial charge in [0.15, 0.2) is 0 Å². The fraction of sp³-hybridized carbons (Fsp3) is 0.143. The standard InChI is InChI=1S/C18H14N2.C3H8/c1-2-8-14(9-3-1)20-17-12-6-4-10-15(17)19-16-11-5-7-13-18(16)20;1-3-2/h1-13,19H;3H2,1-2H3. The quantitative estimate of drug-likeness (QED) is 0.424. The molecule has 0 spiro atoms. The zero-order valence-corrected chi connectivity index (χ0v) is 13.7. The van der Waals surface area contributed by atoms with Crippen molar-refractivity contribution in [2.75, 3.05) is 10.2 Å². The van der Waals surface area contributed by atoms with Gasteiger partial charge in [0.1, 0.15) is 0 Å². The van der Waals surface area contributed by atoms with Crippen LogP contribution >= 0.6 is 0 Å². The average Bonchev–Trinajstić information content (AvgIpc) is 2.61. The van der Waals surface area contributed by atoms with Crippen LogP contribution in [0.4, 0.5) is 28.4 Å². The van der Waals surface area contributed by atoms with Crippen molar-refractivity contribution >= 4 is 28.4 Å². The van der Waals surface area contributed by atoms with E-state index in [0.717, 1.165) is 11.4 Å². The number of hydrogen-bond donors (Lipinski definition) is 1. The minimum absolute atomic E-state index is 1.13. The highest BCUT2D eigenvalue weighted by Gasteiger charge is 2.22. The molecule has 1 aliphatic rings. The van der Waals surface area contributed by atoms with Crippen LogP contribution in [0.2, 0.25) is 0 Å². The van der Waals surface area contributed by atoms with Crippen molar-refractivity contribution in [3.8, 4) is 0 Å². The van der Waals surface area contributed by atoms with Crippen LogP contribution in [0.1, 0.15) is 20.3 Å². The van der Waals surface area contributed by atoms with Gasteiger partial charge >= 0.3 is 0 Å². The highest BCUT2D eigenvalue weighted by Crippen LogP contribution is 2.47. The first-order chi connectivity index (χ1) is 11.3. The fourth-order valence-electron chi connectivity index (χ4n) is 2.68. The predicted octanol–water partition coefficient (Wildman–Crippen LogP) is 6.63. The summed E-state index contributed by atoms with van der Waals surface area (Å²) in [6.45, 7) is 4.25. The lowest BCUT2D eigenvalue weighted by Crippen LogP contribution is -2.17. The Kier molecular flexibility index (Phi) is 4.62. The van der Waals surface area contributed by atoms with Gasteiger partial charge in [-0.05, 0) is 36.4 Å². The number of rotatable bonds is 1. The average molecular weight is 302 g/mol. The number of nitrogens with zero attached hydrogens (tertiary/aromatic N) is 1. The lowest BCUT2D eigenvalue weighted by atomic mass is 10.1. The highest BCUT2D eigenvalue weighted by molar-refractivity contribution is 5.96. The molecule has 0 amide bonds. The van der Waals surface area contributed by atoms with Crippen molar-refractivity contribution in [1.82, 2.24) is 0 Å². The van der Waals surface area contributed by atoms with Crippen LogP contribution in [-0.2, 0) is 0 Å². The molecule has 0 radical (unpaired) electrons. The molecule has 0 bridgehead atoms. The van der Waals surface area contributed by atoms with Gasteiger partial charge in [0.2, 0.25) is 0 Å². The van der Waals surface area contributed by atoms with Gasteiger partial charge in [0.25, 0.3) is 0 Å². The summed E-state index contributed by atoms with van der Waals surface area (Å²) >= 11 is 0. The summed E-state index contributed by atoms with van der Waals surface area (Å²) in [6.07, 6.45) is 1.25. The minimum Gasteiger partial charge on any atom is -0.352 e. The van der Waals surface area contributed by atoms with Crippen LogP contribution in [0, 0.1) is 0 Å². The molecule has 4 rings (SSSR count). The molecule has 1 N–H and O–H groups in total. The normalized spacial score (nSPS) is 11.5. The van der Waals surface area contributed by atoms with Crippen molar-refractivity contribution in [2.45, 2.75) is 20.3 Å². The van der Waals surface area contributed by atoms with Crippen LogP contribution < -0.4 is 10.2 Å². The second-order valence-corrected chi connectivity index (χ2v) is 5.54. The number of anilines is 5. The number of hydrogen-bond acceptors (Lipinski definition) is 2. The van der Waals surface area contributed by atoms with E-state index in [1.54, 1.807) is 0 Å². The van der Waals surface area contributed by atoms with Gasteiger partial charge in [-0.2, -0.15) is 0 Å². The molecule has 23 heavy (non-hydrogen) atoms. The molecule has 0 aromatic heterocycles. The van der Waals surface area contributed by atoms with E-state index >= 15 is 0 Å². The van der Waals surface area contributed by atoms with Gasteiger partial charge in [0.05, 0.1) is 22.7 Å². The smallest absolute Gasteiger partial charge is 0.0697 e. The molecular weight excluding hydrogens is 280 g/mol. The third kappa shape index (κ3) is 3.07. The van der Waals surface area contributed by atoms with Crippen molar-refractivity contribution < 1.29 is 0 Å². The Hall–Kier alpha value is -2.74. The first-order valence-corrected chi connectivity index (χ1v) is 8.15. The first-order valence-electron chi connectivity index (χ1n) is 8.15. The Balaban J connectivity index is 0.000000485. The van der Waals surface area contributed by atoms with E-state index in [1.807, 2.05) is 6.07 Å². The van der Waals surface area contributed by atoms with Gasteiger partial charge in [-0.15, -0.1) is 0 Å². The Bertz CT molecular complexity index is 720. The zero-order valence-electron chi connectivity index (χ0n) is 13.7. The Labute approximate surface area is 138 Å². The molecule has 3 aromatic carbocycles. The molecular formula is C21H22N2. The maximum atomic E-state index is 3.50. The van der Waals surface area contributed by atoms with E-state index in [-0.39, 0.29) is 0 Å². The van der Waals surface area contributed by atoms with Crippen LogP contribution in [0.15, 0.2) is 78.9 Å². The Morgan fingerprint density at radius 1 is 0.652 bits per heavy atom. The van der Waals surface area contributed by atoms with Crippen molar-refractivity contribution in [3.05, 3.63) is 78.9 Å². The molecule has 0 unspecified atom stereocenters. The second kappa shape index (κ2) is 7.01. The Morgan fingerprint density at radius 2 is 1.09 bits per heavy atom. The summed E-state index contributed by atoms with van der Waals surface area (Å²) in [4.78, 5) is 2.29. The summed E-state index contributed by atoms with van der Waals surface area (Å²) in [5.74, 6) is 0. The summed E-state index contributed by atoms with van der Waals surface area (Å²) in [6, 6.07) is 27.2. The maximum Gasteiger partial charge on any atom is 0.0697 e. The number of benzene rings is 3. The van der Waals surface area contributed by atoms with E-state index in [2.05, 4.69) is 96.9 Å². The summed E-state index contributed by atoms with van der Waals surface area (Å²) in [5.41, 5.74) is 5.80. The molecule has 116 valence electrons. The summed E-state index contributed by atoms with van der Waals surface area (Å²) in [5, 5.41) is 3.50. The van der Waals surface area contributed by atoms with E-state index < -0.39 is 0 Å². The molecule has 0 saturated carbocycles. The van der Waals surface area contributed by atoms with Gasteiger partial charge in [0, 0.05) is 5.69 Å². The van der Waals surface area contributed by atoms with Gasteiger partial charge < -0.3 is 10.2 Å². The molecule has 0 aliphatic carbocycles. The van der Waals surface area contributed by atoms with Gasteiger partial charge in [-0.3, -0.25) is 0 Å². The third-order valence-electron chi connectivity index (χ3n) is 3.57. The second-order valence-electron chi connectivity index (χ2n) is 5.54. The van der Waals surface area contributed by atoms with Crippen molar-refractivity contribution in [3.63, 3.8) is 0 Å². The third-order valence-corrected chi connectivity index (χ3v) is 3.57. The van der Waals surface area contributed by atoms with E-state index in [1.165, 1.54) is 23.5 Å². The number of fused-ring (bicyclic) bond motifs is 2. The van der Waals surface area contributed by atoms with Crippen LogP contribution in [0.25, 0.3) is 0 Å².